The van der Waals surface area contributed by atoms with Crippen LogP contribution in [0, 0.1) is 0 Å². The van der Waals surface area contributed by atoms with Crippen molar-refractivity contribution in [3.05, 3.63) is 167 Å². The quantitative estimate of drug-likeness (QED) is 0.145. The highest BCUT2D eigenvalue weighted by molar-refractivity contribution is 5.78. The Hall–Kier alpha value is -4.10. The molecule has 1 aliphatic heterocycles. The lowest BCUT2D eigenvalue weighted by molar-refractivity contribution is -0.285. The van der Waals surface area contributed by atoms with Crippen LogP contribution in [0.5, 0.6) is 0 Å². The van der Waals surface area contributed by atoms with Crippen LogP contribution in [0.1, 0.15) is 40.3 Å². The van der Waals surface area contributed by atoms with Crippen molar-refractivity contribution in [2.24, 2.45) is 0 Å². The van der Waals surface area contributed by atoms with Crippen molar-refractivity contribution in [2.75, 3.05) is 6.61 Å². The first-order chi connectivity index (χ1) is 22.3. The molecule has 5 aromatic carbocycles. The zero-order valence-corrected chi connectivity index (χ0v) is 25.2. The van der Waals surface area contributed by atoms with Gasteiger partial charge in [-0.1, -0.05) is 140 Å². The normalized spacial score (nSPS) is 20.9. The fraction of sp³-hybridized carbons (Fsp3) is 0.250. The average molecular weight is 599 g/mol. The highest BCUT2D eigenvalue weighted by atomic mass is 16.7. The Kier molecular flexibility index (Phi) is 9.43. The Morgan fingerprint density at radius 2 is 1.02 bits per heavy atom. The molecule has 1 aliphatic carbocycles. The van der Waals surface area contributed by atoms with E-state index in [-0.39, 0.29) is 18.3 Å². The van der Waals surface area contributed by atoms with Gasteiger partial charge in [0, 0.05) is 6.42 Å². The Bertz CT molecular complexity index is 1600. The lowest BCUT2D eigenvalue weighted by Gasteiger charge is -2.42. The molecule has 0 N–H and O–H groups in total. The molecule has 0 unspecified atom stereocenters. The Morgan fingerprint density at radius 1 is 0.533 bits per heavy atom. The zero-order valence-electron chi connectivity index (χ0n) is 25.2. The van der Waals surface area contributed by atoms with Crippen molar-refractivity contribution >= 4 is 0 Å². The lowest BCUT2D eigenvalue weighted by atomic mass is 10.00. The Labute approximate surface area is 265 Å². The second kappa shape index (κ2) is 14.3. The number of hydrogen-bond donors (Lipinski definition) is 0. The van der Waals surface area contributed by atoms with E-state index in [1.165, 1.54) is 11.1 Å². The topological polar surface area (TPSA) is 46.2 Å². The summed E-state index contributed by atoms with van der Waals surface area (Å²) in [6.07, 6.45) is -1.24. The number of benzene rings is 5. The molecule has 5 heteroatoms. The van der Waals surface area contributed by atoms with Crippen molar-refractivity contribution in [3.8, 4) is 11.1 Å². The van der Waals surface area contributed by atoms with Gasteiger partial charge >= 0.3 is 0 Å². The molecular formula is C40H38O5. The first kappa shape index (κ1) is 29.6. The fourth-order valence-electron chi connectivity index (χ4n) is 6.31. The summed E-state index contributed by atoms with van der Waals surface area (Å²) in [7, 11) is 0. The van der Waals surface area contributed by atoms with Crippen molar-refractivity contribution in [2.45, 2.75) is 56.9 Å². The van der Waals surface area contributed by atoms with E-state index in [1.807, 2.05) is 54.6 Å². The Balaban J connectivity index is 1.15. The van der Waals surface area contributed by atoms with Gasteiger partial charge in [0.2, 0.25) is 0 Å². The second-order valence-corrected chi connectivity index (χ2v) is 11.6. The maximum absolute atomic E-state index is 6.88. The highest BCUT2D eigenvalue weighted by Gasteiger charge is 2.43. The Morgan fingerprint density at radius 3 is 1.60 bits per heavy atom. The van der Waals surface area contributed by atoms with E-state index in [4.69, 9.17) is 23.7 Å². The number of fused-ring (bicyclic) bond motifs is 3. The minimum Gasteiger partial charge on any atom is -0.374 e. The van der Waals surface area contributed by atoms with Gasteiger partial charge in [0.15, 0.2) is 6.29 Å². The summed E-state index contributed by atoms with van der Waals surface area (Å²) in [5.74, 6) is 0. The standard InChI is InChI=1S/C40H38O5/c1-4-14-29(15-5-1)25-41-28-37-40(43-27-31-18-8-3-9-19-31)36(42-26-30-16-6-2-7-17-30)24-38(44-37)45-39-34-22-12-10-20-32(34)33-21-11-13-23-35(33)39/h1-23,36-40H,24-28H2/t36-,37-,38+,40-/m1/s1. The SMILES string of the molecule is c1ccc(COC[C@H]2O[C@@H](OC3c4ccccc4-c4ccccc43)C[C@@H](OCc3ccccc3)[C@H]2OCc2ccccc2)cc1. The number of hydrogen-bond acceptors (Lipinski definition) is 5. The van der Waals surface area contributed by atoms with Gasteiger partial charge in [0.25, 0.3) is 0 Å². The summed E-state index contributed by atoms with van der Waals surface area (Å²) >= 11 is 0. The molecule has 0 bridgehead atoms. The molecule has 228 valence electrons. The van der Waals surface area contributed by atoms with Crippen LogP contribution in [0.4, 0.5) is 0 Å². The molecule has 45 heavy (non-hydrogen) atoms. The van der Waals surface area contributed by atoms with Crippen molar-refractivity contribution in [3.63, 3.8) is 0 Å². The molecule has 0 aromatic heterocycles. The van der Waals surface area contributed by atoms with E-state index in [0.29, 0.717) is 32.8 Å². The summed E-state index contributed by atoms with van der Waals surface area (Å²) in [6.45, 7) is 1.74. The maximum atomic E-state index is 6.88. The van der Waals surface area contributed by atoms with Gasteiger partial charge in [0.05, 0.1) is 32.5 Å². The van der Waals surface area contributed by atoms with Gasteiger partial charge in [0.1, 0.15) is 18.3 Å². The summed E-state index contributed by atoms with van der Waals surface area (Å²) in [5, 5.41) is 0. The van der Waals surface area contributed by atoms with E-state index in [9.17, 15) is 0 Å². The van der Waals surface area contributed by atoms with E-state index < -0.39 is 12.4 Å². The second-order valence-electron chi connectivity index (χ2n) is 11.6. The van der Waals surface area contributed by atoms with E-state index in [2.05, 4.69) is 84.9 Å². The number of rotatable bonds is 12. The van der Waals surface area contributed by atoms with Crippen LogP contribution in [-0.2, 0) is 43.5 Å². The predicted octanol–water partition coefficient (Wildman–Crippen LogP) is 8.28. The maximum Gasteiger partial charge on any atom is 0.162 e. The molecule has 1 saturated heterocycles. The van der Waals surface area contributed by atoms with E-state index >= 15 is 0 Å². The summed E-state index contributed by atoms with van der Waals surface area (Å²) in [5.41, 5.74) is 8.04. The zero-order chi connectivity index (χ0) is 30.3. The third-order valence-electron chi connectivity index (χ3n) is 8.53. The molecule has 0 amide bonds. The first-order valence-corrected chi connectivity index (χ1v) is 15.7. The van der Waals surface area contributed by atoms with Gasteiger partial charge in [-0.25, -0.2) is 0 Å². The van der Waals surface area contributed by atoms with Crippen LogP contribution >= 0.6 is 0 Å². The molecule has 1 heterocycles. The van der Waals surface area contributed by atoms with Crippen molar-refractivity contribution < 1.29 is 23.7 Å². The summed E-state index contributed by atoms with van der Waals surface area (Å²) in [6, 6.07) is 47.6. The van der Waals surface area contributed by atoms with Crippen molar-refractivity contribution in [1.29, 1.82) is 0 Å². The van der Waals surface area contributed by atoms with Crippen molar-refractivity contribution in [1.82, 2.24) is 0 Å². The monoisotopic (exact) mass is 598 g/mol. The third-order valence-corrected chi connectivity index (χ3v) is 8.53. The van der Waals surface area contributed by atoms with Gasteiger partial charge in [-0.15, -0.1) is 0 Å². The fourth-order valence-corrected chi connectivity index (χ4v) is 6.31. The average Bonchev–Trinajstić information content (AvgIpc) is 3.41. The summed E-state index contributed by atoms with van der Waals surface area (Å²) < 4.78 is 33.2. The van der Waals surface area contributed by atoms with Crippen LogP contribution in [0.2, 0.25) is 0 Å². The molecule has 4 atom stereocenters. The van der Waals surface area contributed by atoms with Gasteiger partial charge in [-0.3, -0.25) is 0 Å². The molecule has 5 nitrogen and oxygen atoms in total. The summed E-state index contributed by atoms with van der Waals surface area (Å²) in [4.78, 5) is 0. The molecule has 0 spiro atoms. The highest BCUT2D eigenvalue weighted by Crippen LogP contribution is 2.46. The molecule has 1 fully saturated rings. The predicted molar refractivity (Wildman–Crippen MR) is 174 cm³/mol. The first-order valence-electron chi connectivity index (χ1n) is 15.7. The molecule has 7 rings (SSSR count). The lowest BCUT2D eigenvalue weighted by Crippen LogP contribution is -2.53. The van der Waals surface area contributed by atoms with Crippen LogP contribution in [0.15, 0.2) is 140 Å². The van der Waals surface area contributed by atoms with Crippen LogP contribution in [0.25, 0.3) is 11.1 Å². The van der Waals surface area contributed by atoms with E-state index in [1.54, 1.807) is 0 Å². The number of ether oxygens (including phenoxy) is 5. The van der Waals surface area contributed by atoms with Gasteiger partial charge in [-0.05, 0) is 38.9 Å². The molecule has 0 radical (unpaired) electrons. The van der Waals surface area contributed by atoms with Crippen LogP contribution < -0.4 is 0 Å². The van der Waals surface area contributed by atoms with Crippen LogP contribution in [0.3, 0.4) is 0 Å². The minimum atomic E-state index is -0.517. The van der Waals surface area contributed by atoms with Gasteiger partial charge < -0.3 is 23.7 Å². The minimum absolute atomic E-state index is 0.232. The molecule has 0 saturated carbocycles. The molecular weight excluding hydrogens is 560 g/mol. The molecule has 5 aromatic rings. The smallest absolute Gasteiger partial charge is 0.162 e. The third kappa shape index (κ3) is 7.09. The van der Waals surface area contributed by atoms with E-state index in [0.717, 1.165) is 27.8 Å². The largest absolute Gasteiger partial charge is 0.374 e. The van der Waals surface area contributed by atoms with Gasteiger partial charge in [-0.2, -0.15) is 0 Å². The van der Waals surface area contributed by atoms with Crippen LogP contribution in [-0.4, -0.2) is 31.2 Å². The molecule has 2 aliphatic rings.